The molecule has 0 amide bonds. The largest absolute Gasteiger partial charge is 0.295 e. The van der Waals surface area contributed by atoms with Crippen LogP contribution in [-0.2, 0) is 4.79 Å². The fraction of sp³-hybridized carbons (Fsp3) is 0.267. The summed E-state index contributed by atoms with van der Waals surface area (Å²) in [5.41, 5.74) is 0. The molecule has 0 aromatic rings. The van der Waals surface area contributed by atoms with E-state index in [1.165, 1.54) is 0 Å². The van der Waals surface area contributed by atoms with E-state index in [9.17, 15) is 4.79 Å². The molecule has 0 bridgehead atoms. The molecule has 0 N–H and O–H groups in total. The van der Waals surface area contributed by atoms with E-state index in [1.54, 1.807) is 30.4 Å². The lowest BCUT2D eigenvalue weighted by Crippen LogP contribution is -1.88. The zero-order valence-electron chi connectivity index (χ0n) is 9.79. The summed E-state index contributed by atoms with van der Waals surface area (Å²) < 4.78 is 0. The molecule has 0 aliphatic heterocycles. The molecule has 0 spiro atoms. The van der Waals surface area contributed by atoms with Gasteiger partial charge in [0.2, 0.25) is 0 Å². The monoisotopic (exact) mass is 212 g/mol. The van der Waals surface area contributed by atoms with Crippen LogP contribution in [0, 0.1) is 23.7 Å². The zero-order chi connectivity index (χ0) is 12.1. The molecule has 0 aromatic carbocycles. The van der Waals surface area contributed by atoms with Gasteiger partial charge in [-0.2, -0.15) is 0 Å². The Morgan fingerprint density at radius 3 is 2.44 bits per heavy atom. The number of rotatable bonds is 4. The lowest BCUT2D eigenvalue weighted by atomic mass is 10.2. The van der Waals surface area contributed by atoms with E-state index in [2.05, 4.69) is 23.7 Å². The van der Waals surface area contributed by atoms with Crippen molar-refractivity contribution in [2.24, 2.45) is 0 Å². The van der Waals surface area contributed by atoms with Crippen LogP contribution in [0.5, 0.6) is 0 Å². The van der Waals surface area contributed by atoms with Gasteiger partial charge in [0.15, 0.2) is 5.78 Å². The molecular weight excluding hydrogens is 196 g/mol. The minimum atomic E-state index is 0.146. The number of carbonyl (C=O) groups excluding carboxylic acids is 1. The molecule has 0 aromatic heterocycles. The quantitative estimate of drug-likeness (QED) is 0.397. The third-order valence-corrected chi connectivity index (χ3v) is 1.53. The van der Waals surface area contributed by atoms with Crippen molar-refractivity contribution in [2.45, 2.75) is 26.7 Å². The third kappa shape index (κ3) is 10.1. The Labute approximate surface area is 97.9 Å². The third-order valence-electron chi connectivity index (χ3n) is 1.53. The predicted molar refractivity (Wildman–Crippen MR) is 68.6 cm³/mol. The molecule has 0 saturated heterocycles. The number of carbonyl (C=O) groups is 1. The fourth-order valence-corrected chi connectivity index (χ4v) is 0.835. The highest BCUT2D eigenvalue weighted by molar-refractivity contribution is 5.89. The maximum absolute atomic E-state index is 11.1. The summed E-state index contributed by atoms with van der Waals surface area (Å²) in [4.78, 5) is 11.1. The zero-order valence-corrected chi connectivity index (χ0v) is 9.79. The lowest BCUT2D eigenvalue weighted by molar-refractivity contribution is -0.114. The van der Waals surface area contributed by atoms with E-state index in [0.717, 1.165) is 6.42 Å². The summed E-state index contributed by atoms with van der Waals surface area (Å²) in [6.07, 6.45) is 11.7. The molecule has 0 atom stereocenters. The van der Waals surface area contributed by atoms with Crippen LogP contribution in [0.4, 0.5) is 0 Å². The van der Waals surface area contributed by atoms with E-state index < -0.39 is 0 Å². The molecule has 0 saturated carbocycles. The molecule has 0 aliphatic carbocycles. The van der Waals surface area contributed by atoms with Crippen molar-refractivity contribution in [3.05, 3.63) is 36.5 Å². The Morgan fingerprint density at radius 1 is 1.12 bits per heavy atom. The SMILES string of the molecule is C/C=C/C#CC#C/C=C/C=C/C(=O)CCC. The van der Waals surface area contributed by atoms with Gasteiger partial charge < -0.3 is 0 Å². The van der Waals surface area contributed by atoms with Crippen molar-refractivity contribution in [2.75, 3.05) is 0 Å². The van der Waals surface area contributed by atoms with Gasteiger partial charge in [-0.25, -0.2) is 0 Å². The van der Waals surface area contributed by atoms with Gasteiger partial charge in [0, 0.05) is 6.42 Å². The van der Waals surface area contributed by atoms with Gasteiger partial charge >= 0.3 is 0 Å². The average molecular weight is 212 g/mol. The number of allylic oxidation sites excluding steroid dienone is 6. The molecule has 0 unspecified atom stereocenters. The summed E-state index contributed by atoms with van der Waals surface area (Å²) in [6.45, 7) is 3.89. The molecule has 82 valence electrons. The highest BCUT2D eigenvalue weighted by Gasteiger charge is 1.89. The molecule has 0 heterocycles. The molecule has 0 rings (SSSR count). The molecular formula is C15H16O. The second kappa shape index (κ2) is 11.1. The minimum Gasteiger partial charge on any atom is -0.295 e. The number of hydrogen-bond donors (Lipinski definition) is 0. The van der Waals surface area contributed by atoms with Gasteiger partial charge in [-0.05, 0) is 43.4 Å². The van der Waals surface area contributed by atoms with Gasteiger partial charge in [0.25, 0.3) is 0 Å². The topological polar surface area (TPSA) is 17.1 Å². The molecule has 16 heavy (non-hydrogen) atoms. The van der Waals surface area contributed by atoms with E-state index in [4.69, 9.17) is 0 Å². The minimum absolute atomic E-state index is 0.146. The van der Waals surface area contributed by atoms with Crippen LogP contribution in [-0.4, -0.2) is 5.78 Å². The van der Waals surface area contributed by atoms with Crippen molar-refractivity contribution >= 4 is 5.78 Å². The first-order chi connectivity index (χ1) is 7.81. The van der Waals surface area contributed by atoms with Gasteiger partial charge in [-0.3, -0.25) is 4.79 Å². The first-order valence-electron chi connectivity index (χ1n) is 5.29. The Morgan fingerprint density at radius 2 is 1.81 bits per heavy atom. The van der Waals surface area contributed by atoms with Crippen LogP contribution in [0.15, 0.2) is 36.5 Å². The standard InChI is InChI=1S/C15H16O/c1-3-5-6-7-8-9-10-11-12-14-15(16)13-4-2/h3,5,10-12,14H,4,13H2,1-2H3/b5-3+,11-10+,14-12+. The Bertz CT molecular complexity index is 400. The molecule has 0 fully saturated rings. The van der Waals surface area contributed by atoms with E-state index in [1.807, 2.05) is 19.9 Å². The predicted octanol–water partition coefficient (Wildman–Crippen LogP) is 3.05. The van der Waals surface area contributed by atoms with Crippen molar-refractivity contribution in [3.8, 4) is 23.7 Å². The number of hydrogen-bond acceptors (Lipinski definition) is 1. The number of ketones is 1. The average Bonchev–Trinajstić information content (AvgIpc) is 2.27. The van der Waals surface area contributed by atoms with Crippen LogP contribution in [0.25, 0.3) is 0 Å². The Balaban J connectivity index is 3.95. The van der Waals surface area contributed by atoms with Gasteiger partial charge in [0.1, 0.15) is 0 Å². The molecule has 0 radical (unpaired) electrons. The highest BCUT2D eigenvalue weighted by Crippen LogP contribution is 1.90. The first kappa shape index (κ1) is 14.0. The fourth-order valence-electron chi connectivity index (χ4n) is 0.835. The summed E-state index contributed by atoms with van der Waals surface area (Å²) in [5.74, 6) is 11.0. The maximum atomic E-state index is 11.1. The van der Waals surface area contributed by atoms with Crippen molar-refractivity contribution < 1.29 is 4.79 Å². The normalized spacial score (nSPS) is 10.1. The molecule has 1 nitrogen and oxygen atoms in total. The molecule has 0 aliphatic rings. The van der Waals surface area contributed by atoms with Crippen molar-refractivity contribution in [1.29, 1.82) is 0 Å². The Kier molecular flexibility index (Phi) is 9.71. The Hall–Kier alpha value is -1.99. The van der Waals surface area contributed by atoms with Crippen LogP contribution in [0.2, 0.25) is 0 Å². The van der Waals surface area contributed by atoms with Crippen LogP contribution in [0.3, 0.4) is 0 Å². The van der Waals surface area contributed by atoms with Crippen LogP contribution < -0.4 is 0 Å². The summed E-state index contributed by atoms with van der Waals surface area (Å²) >= 11 is 0. The first-order valence-corrected chi connectivity index (χ1v) is 5.29. The highest BCUT2D eigenvalue weighted by atomic mass is 16.1. The maximum Gasteiger partial charge on any atom is 0.155 e. The summed E-state index contributed by atoms with van der Waals surface area (Å²) in [7, 11) is 0. The van der Waals surface area contributed by atoms with Gasteiger partial charge in [-0.15, -0.1) is 0 Å². The van der Waals surface area contributed by atoms with Crippen LogP contribution in [0.1, 0.15) is 26.7 Å². The van der Waals surface area contributed by atoms with Crippen LogP contribution >= 0.6 is 0 Å². The molecule has 1 heteroatoms. The smallest absolute Gasteiger partial charge is 0.155 e. The lowest BCUT2D eigenvalue weighted by Gasteiger charge is -1.85. The van der Waals surface area contributed by atoms with E-state index in [0.29, 0.717) is 6.42 Å². The summed E-state index contributed by atoms with van der Waals surface area (Å²) in [6, 6.07) is 0. The second-order valence-corrected chi connectivity index (χ2v) is 2.97. The van der Waals surface area contributed by atoms with E-state index >= 15 is 0 Å². The van der Waals surface area contributed by atoms with Crippen molar-refractivity contribution in [1.82, 2.24) is 0 Å². The van der Waals surface area contributed by atoms with E-state index in [-0.39, 0.29) is 5.78 Å². The van der Waals surface area contributed by atoms with Gasteiger partial charge in [0.05, 0.1) is 0 Å². The second-order valence-electron chi connectivity index (χ2n) is 2.97. The van der Waals surface area contributed by atoms with Gasteiger partial charge in [-0.1, -0.05) is 37.0 Å². The van der Waals surface area contributed by atoms with Crippen molar-refractivity contribution in [3.63, 3.8) is 0 Å². The summed E-state index contributed by atoms with van der Waals surface area (Å²) in [5, 5.41) is 0.